The highest BCUT2D eigenvalue weighted by Gasteiger charge is 2.42. The molecule has 0 fully saturated rings. The molecule has 1 aromatic heterocycles. The van der Waals surface area contributed by atoms with Crippen LogP contribution in [0.2, 0.25) is 0 Å². The Labute approximate surface area is 170 Å². The largest absolute Gasteiger partial charge is 0.494 e. The molecule has 0 bridgehead atoms. The first-order valence-corrected chi connectivity index (χ1v) is 9.70. The Balaban J connectivity index is 1.52. The first-order chi connectivity index (χ1) is 13.9. The second-order valence-electron chi connectivity index (χ2n) is 6.80. The number of carbonyl (C=O) groups excluding carboxylic acids is 2. The molecular formula is C21H17FN2O4S. The lowest BCUT2D eigenvalue weighted by Gasteiger charge is -2.32. The van der Waals surface area contributed by atoms with E-state index in [9.17, 15) is 14.0 Å². The number of benzene rings is 2. The van der Waals surface area contributed by atoms with Crippen LogP contribution in [0.15, 0.2) is 47.8 Å². The van der Waals surface area contributed by atoms with Crippen LogP contribution < -0.4 is 10.1 Å². The minimum Gasteiger partial charge on any atom is -0.494 e. The van der Waals surface area contributed by atoms with E-state index < -0.39 is 23.3 Å². The van der Waals surface area contributed by atoms with Crippen molar-refractivity contribution in [1.82, 2.24) is 4.98 Å². The molecule has 1 aliphatic rings. The molecule has 29 heavy (non-hydrogen) atoms. The molecule has 0 radical (unpaired) electrons. The molecule has 1 amide bonds. The first kappa shape index (κ1) is 19.1. The number of anilines is 1. The minimum atomic E-state index is -1.34. The number of nitrogens with one attached hydrogen (secondary N) is 1. The lowest BCUT2D eigenvalue weighted by Crippen LogP contribution is -2.48. The van der Waals surface area contributed by atoms with Crippen molar-refractivity contribution in [3.8, 4) is 17.0 Å². The maximum atomic E-state index is 13.9. The Morgan fingerprint density at radius 3 is 2.86 bits per heavy atom. The number of ether oxygens (including phenoxy) is 2. The van der Waals surface area contributed by atoms with Gasteiger partial charge in [-0.05, 0) is 36.8 Å². The van der Waals surface area contributed by atoms with E-state index >= 15 is 0 Å². The summed E-state index contributed by atoms with van der Waals surface area (Å²) in [4.78, 5) is 29.4. The van der Waals surface area contributed by atoms with Crippen LogP contribution in [0.5, 0.6) is 5.75 Å². The summed E-state index contributed by atoms with van der Waals surface area (Å²) in [5.74, 6) is -1.35. The molecular weight excluding hydrogens is 395 g/mol. The van der Waals surface area contributed by atoms with Gasteiger partial charge in [0.2, 0.25) is 0 Å². The quantitative estimate of drug-likeness (QED) is 0.654. The summed E-state index contributed by atoms with van der Waals surface area (Å²) in [6.07, 6.45) is 0.267. The maximum Gasteiger partial charge on any atom is 0.339 e. The van der Waals surface area contributed by atoms with Crippen LogP contribution in [-0.2, 0) is 16.0 Å². The average molecular weight is 412 g/mol. The Morgan fingerprint density at radius 1 is 1.31 bits per heavy atom. The van der Waals surface area contributed by atoms with Gasteiger partial charge in [0.15, 0.2) is 22.3 Å². The topological polar surface area (TPSA) is 77.5 Å². The van der Waals surface area contributed by atoms with Gasteiger partial charge in [-0.1, -0.05) is 18.2 Å². The molecule has 8 heteroatoms. The van der Waals surface area contributed by atoms with E-state index in [1.165, 1.54) is 30.6 Å². The third-order valence-electron chi connectivity index (χ3n) is 4.74. The number of cyclic esters (lactones) is 1. The molecule has 0 unspecified atom stereocenters. The zero-order valence-electron chi connectivity index (χ0n) is 15.7. The van der Waals surface area contributed by atoms with Crippen LogP contribution in [0, 0.1) is 5.82 Å². The fourth-order valence-corrected chi connectivity index (χ4v) is 3.89. The summed E-state index contributed by atoms with van der Waals surface area (Å²) in [6, 6.07) is 11.6. The molecule has 1 N–H and O–H groups in total. The number of thiazole rings is 1. The number of rotatable bonds is 4. The van der Waals surface area contributed by atoms with Crippen LogP contribution in [0.1, 0.15) is 22.8 Å². The summed E-state index contributed by atoms with van der Waals surface area (Å²) in [6.45, 7) is 1.57. The van der Waals surface area contributed by atoms with Crippen molar-refractivity contribution in [2.45, 2.75) is 18.9 Å². The summed E-state index contributed by atoms with van der Waals surface area (Å²) < 4.78 is 24.3. The number of amides is 1. The van der Waals surface area contributed by atoms with Crippen molar-refractivity contribution in [2.24, 2.45) is 0 Å². The molecule has 6 nitrogen and oxygen atoms in total. The van der Waals surface area contributed by atoms with Gasteiger partial charge in [-0.25, -0.2) is 14.2 Å². The average Bonchev–Trinajstić information content (AvgIpc) is 3.16. The van der Waals surface area contributed by atoms with Gasteiger partial charge < -0.3 is 9.47 Å². The van der Waals surface area contributed by atoms with Gasteiger partial charge in [0, 0.05) is 17.4 Å². The summed E-state index contributed by atoms with van der Waals surface area (Å²) in [7, 11) is 1.39. The van der Waals surface area contributed by atoms with Crippen molar-refractivity contribution in [2.75, 3.05) is 12.4 Å². The number of hydrogen-bond donors (Lipinski definition) is 1. The van der Waals surface area contributed by atoms with Gasteiger partial charge in [-0.2, -0.15) is 0 Å². The maximum absolute atomic E-state index is 13.9. The van der Waals surface area contributed by atoms with E-state index in [0.29, 0.717) is 22.0 Å². The molecule has 2 heterocycles. The van der Waals surface area contributed by atoms with Gasteiger partial charge in [-0.3, -0.25) is 10.1 Å². The smallest absolute Gasteiger partial charge is 0.339 e. The molecule has 1 aliphatic heterocycles. The van der Waals surface area contributed by atoms with Crippen LogP contribution >= 0.6 is 11.3 Å². The molecule has 0 saturated carbocycles. The molecule has 0 aliphatic carbocycles. The number of halogens is 1. The third-order valence-corrected chi connectivity index (χ3v) is 5.49. The highest BCUT2D eigenvalue weighted by atomic mass is 32.1. The Morgan fingerprint density at radius 2 is 2.10 bits per heavy atom. The predicted molar refractivity (Wildman–Crippen MR) is 107 cm³/mol. The van der Waals surface area contributed by atoms with Crippen molar-refractivity contribution in [1.29, 1.82) is 0 Å². The highest BCUT2D eigenvalue weighted by molar-refractivity contribution is 7.14. The lowest BCUT2D eigenvalue weighted by molar-refractivity contribution is -0.134. The van der Waals surface area contributed by atoms with Crippen LogP contribution in [0.3, 0.4) is 0 Å². The van der Waals surface area contributed by atoms with E-state index in [1.807, 2.05) is 6.07 Å². The fraction of sp³-hybridized carbons (Fsp3) is 0.190. The minimum absolute atomic E-state index is 0.143. The van der Waals surface area contributed by atoms with Gasteiger partial charge in [0.05, 0.1) is 18.4 Å². The number of carbonyl (C=O) groups is 2. The standard InChI is InChI=1S/C21H17FN2O4S/c1-21(10-13-5-3-4-6-14(13)18(25)28-21)19(26)24-20-23-16(11-29-20)12-7-8-17(27-2)15(22)9-12/h3-9,11H,10H2,1-2H3,(H,23,24,26)/t21-/m1/s1. The Hall–Kier alpha value is -3.26. The first-order valence-electron chi connectivity index (χ1n) is 8.82. The zero-order valence-corrected chi connectivity index (χ0v) is 16.5. The molecule has 4 rings (SSSR count). The van der Waals surface area contributed by atoms with Crippen molar-refractivity contribution in [3.05, 3.63) is 64.8 Å². The monoisotopic (exact) mass is 412 g/mol. The summed E-state index contributed by atoms with van der Waals surface area (Å²) in [5.41, 5.74) is 0.960. The molecule has 0 saturated heterocycles. The van der Waals surface area contributed by atoms with E-state index in [0.717, 1.165) is 5.56 Å². The number of aromatic nitrogens is 1. The van der Waals surface area contributed by atoms with E-state index in [4.69, 9.17) is 9.47 Å². The molecule has 1 atom stereocenters. The number of fused-ring (bicyclic) bond motifs is 1. The summed E-state index contributed by atoms with van der Waals surface area (Å²) >= 11 is 1.20. The Bertz CT molecular complexity index is 1110. The normalized spacial score (nSPS) is 18.0. The van der Waals surface area contributed by atoms with Crippen LogP contribution in [0.4, 0.5) is 9.52 Å². The molecule has 3 aromatic rings. The predicted octanol–water partition coefficient (Wildman–Crippen LogP) is 4.07. The number of hydrogen-bond acceptors (Lipinski definition) is 6. The van der Waals surface area contributed by atoms with Crippen LogP contribution in [0.25, 0.3) is 11.3 Å². The summed E-state index contributed by atoms with van der Waals surface area (Å²) in [5, 5.41) is 4.74. The van der Waals surface area contributed by atoms with Crippen molar-refractivity contribution < 1.29 is 23.5 Å². The van der Waals surface area contributed by atoms with Gasteiger partial charge in [-0.15, -0.1) is 11.3 Å². The highest BCUT2D eigenvalue weighted by Crippen LogP contribution is 2.31. The van der Waals surface area contributed by atoms with Crippen LogP contribution in [-0.4, -0.2) is 29.6 Å². The second-order valence-corrected chi connectivity index (χ2v) is 7.65. The van der Waals surface area contributed by atoms with Gasteiger partial charge in [0.25, 0.3) is 5.91 Å². The molecule has 2 aromatic carbocycles. The number of esters is 1. The number of nitrogens with zero attached hydrogens (tertiary/aromatic N) is 1. The van der Waals surface area contributed by atoms with Crippen molar-refractivity contribution >= 4 is 28.3 Å². The Kier molecular flexibility index (Phi) is 4.79. The lowest BCUT2D eigenvalue weighted by atomic mass is 9.89. The van der Waals surface area contributed by atoms with Gasteiger partial charge in [0.1, 0.15) is 0 Å². The SMILES string of the molecule is COc1ccc(-c2csc(NC(=O)[C@@]3(C)Cc4ccccc4C(=O)O3)n2)cc1F. The van der Waals surface area contributed by atoms with E-state index in [1.54, 1.807) is 36.6 Å². The second kappa shape index (κ2) is 7.29. The van der Waals surface area contributed by atoms with Crippen molar-refractivity contribution in [3.63, 3.8) is 0 Å². The van der Waals surface area contributed by atoms with E-state index in [2.05, 4.69) is 10.3 Å². The fourth-order valence-electron chi connectivity index (χ4n) is 3.18. The number of methoxy groups -OCH3 is 1. The zero-order chi connectivity index (χ0) is 20.6. The van der Waals surface area contributed by atoms with Gasteiger partial charge >= 0.3 is 5.97 Å². The van der Waals surface area contributed by atoms with E-state index in [-0.39, 0.29) is 12.2 Å². The molecule has 148 valence electrons. The molecule has 0 spiro atoms. The third kappa shape index (κ3) is 3.58.